The number of carbonyl (C=O) groups is 2. The molecule has 1 aliphatic carbocycles. The van der Waals surface area contributed by atoms with Crippen LogP contribution in [0.15, 0.2) is 46.9 Å². The second-order valence-corrected chi connectivity index (χ2v) is 6.70. The number of carboxylic acid groups (broad SMARTS) is 1. The summed E-state index contributed by atoms with van der Waals surface area (Å²) in [6.07, 6.45) is 2.01. The molecule has 128 valence electrons. The normalized spacial score (nSPS) is 20.2. The maximum atomic E-state index is 12.3. The number of nitrogens with one attached hydrogen (secondary N) is 1. The Morgan fingerprint density at radius 2 is 1.96 bits per heavy atom. The molecule has 0 bridgehead atoms. The number of aliphatic carboxylic acids is 1. The van der Waals surface area contributed by atoms with Gasteiger partial charge in [0, 0.05) is 11.4 Å². The third kappa shape index (κ3) is 3.09. The fourth-order valence-corrected chi connectivity index (χ4v) is 3.71. The summed E-state index contributed by atoms with van der Waals surface area (Å²) in [5.74, 6) is -0.625. The molecular weight excluding hydrogens is 318 g/mol. The molecule has 2 N–H and O–H groups in total. The Morgan fingerprint density at radius 3 is 2.76 bits per heavy atom. The van der Waals surface area contributed by atoms with Crippen LogP contribution in [0.25, 0.3) is 21.7 Å². The fraction of sp³-hybridized carbons (Fsp3) is 0.300. The van der Waals surface area contributed by atoms with Gasteiger partial charge in [0.2, 0.25) is 5.91 Å². The molecule has 1 heterocycles. The van der Waals surface area contributed by atoms with E-state index in [1.54, 1.807) is 0 Å². The number of hydrogen-bond donors (Lipinski definition) is 2. The quantitative estimate of drug-likeness (QED) is 0.764. The molecule has 0 spiro atoms. The van der Waals surface area contributed by atoms with E-state index in [9.17, 15) is 9.59 Å². The molecule has 3 aromatic rings. The van der Waals surface area contributed by atoms with E-state index in [0.29, 0.717) is 25.0 Å². The first-order valence-electron chi connectivity index (χ1n) is 8.52. The minimum Gasteiger partial charge on any atom is -0.481 e. The average Bonchev–Trinajstić information content (AvgIpc) is 3.21. The van der Waals surface area contributed by atoms with Crippen molar-refractivity contribution in [1.82, 2.24) is 5.32 Å². The Labute approximate surface area is 144 Å². The lowest BCUT2D eigenvalue weighted by Crippen LogP contribution is -2.34. The lowest BCUT2D eigenvalue weighted by atomic mass is 10.1. The Bertz CT molecular complexity index is 959. The highest BCUT2D eigenvalue weighted by Crippen LogP contribution is 2.29. The third-order valence-electron chi connectivity index (χ3n) is 4.96. The van der Waals surface area contributed by atoms with Gasteiger partial charge < -0.3 is 14.8 Å². The molecule has 2 atom stereocenters. The van der Waals surface area contributed by atoms with Gasteiger partial charge in [-0.1, -0.05) is 30.3 Å². The Balaban J connectivity index is 1.48. The van der Waals surface area contributed by atoms with Gasteiger partial charge in [-0.15, -0.1) is 0 Å². The first kappa shape index (κ1) is 15.7. The molecule has 25 heavy (non-hydrogen) atoms. The van der Waals surface area contributed by atoms with Crippen LogP contribution in [0.2, 0.25) is 0 Å². The first-order chi connectivity index (χ1) is 12.1. The van der Waals surface area contributed by atoms with Crippen LogP contribution in [0.3, 0.4) is 0 Å². The number of benzene rings is 2. The summed E-state index contributed by atoms with van der Waals surface area (Å²) < 4.78 is 5.82. The SMILES string of the molecule is O=C(Cc1cc2c(ccc3ccccc32)o1)N[C@@H]1CC[C@H](C(=O)O)C1. The molecule has 2 aromatic carbocycles. The minimum atomic E-state index is -0.777. The lowest BCUT2D eigenvalue weighted by molar-refractivity contribution is -0.141. The van der Waals surface area contributed by atoms with Crippen LogP contribution in [0.1, 0.15) is 25.0 Å². The van der Waals surface area contributed by atoms with E-state index in [1.807, 2.05) is 42.5 Å². The summed E-state index contributed by atoms with van der Waals surface area (Å²) in [5, 5.41) is 15.2. The van der Waals surface area contributed by atoms with E-state index >= 15 is 0 Å². The summed E-state index contributed by atoms with van der Waals surface area (Å²) in [6.45, 7) is 0. The molecule has 5 heteroatoms. The zero-order chi connectivity index (χ0) is 17.4. The molecule has 1 fully saturated rings. The molecule has 5 nitrogen and oxygen atoms in total. The van der Waals surface area contributed by atoms with E-state index in [4.69, 9.17) is 9.52 Å². The number of furan rings is 1. The van der Waals surface area contributed by atoms with E-state index in [2.05, 4.69) is 5.32 Å². The van der Waals surface area contributed by atoms with Gasteiger partial charge >= 0.3 is 5.97 Å². The molecule has 1 saturated carbocycles. The smallest absolute Gasteiger partial charge is 0.306 e. The summed E-state index contributed by atoms with van der Waals surface area (Å²) >= 11 is 0. The largest absolute Gasteiger partial charge is 0.481 e. The van der Waals surface area contributed by atoms with Crippen LogP contribution in [0, 0.1) is 5.92 Å². The third-order valence-corrected chi connectivity index (χ3v) is 4.96. The number of carboxylic acids is 1. The zero-order valence-corrected chi connectivity index (χ0v) is 13.7. The molecule has 1 amide bonds. The van der Waals surface area contributed by atoms with Gasteiger partial charge in [-0.05, 0) is 42.2 Å². The van der Waals surface area contributed by atoms with Crippen LogP contribution in [-0.4, -0.2) is 23.0 Å². The molecule has 4 rings (SSSR count). The van der Waals surface area contributed by atoms with Crippen LogP contribution in [0.4, 0.5) is 0 Å². The summed E-state index contributed by atoms with van der Waals surface area (Å²) in [4.78, 5) is 23.3. The predicted octanol–water partition coefficient (Wildman–Crippen LogP) is 3.50. The van der Waals surface area contributed by atoms with Crippen molar-refractivity contribution in [1.29, 1.82) is 0 Å². The molecule has 0 radical (unpaired) electrons. The Morgan fingerprint density at radius 1 is 1.12 bits per heavy atom. The topological polar surface area (TPSA) is 79.5 Å². The minimum absolute atomic E-state index is 0.0567. The lowest BCUT2D eigenvalue weighted by Gasteiger charge is -2.11. The van der Waals surface area contributed by atoms with Gasteiger partial charge in [-0.2, -0.15) is 0 Å². The number of amides is 1. The fourth-order valence-electron chi connectivity index (χ4n) is 3.71. The number of carbonyl (C=O) groups excluding carboxylic acids is 1. The summed E-state index contributed by atoms with van der Waals surface area (Å²) in [5.41, 5.74) is 0.772. The van der Waals surface area contributed by atoms with Crippen molar-refractivity contribution in [3.63, 3.8) is 0 Å². The van der Waals surface area contributed by atoms with Crippen molar-refractivity contribution in [2.24, 2.45) is 5.92 Å². The first-order valence-corrected chi connectivity index (χ1v) is 8.52. The molecule has 0 unspecified atom stereocenters. The molecule has 0 aliphatic heterocycles. The van der Waals surface area contributed by atoms with Crippen LogP contribution in [0.5, 0.6) is 0 Å². The molecule has 0 saturated heterocycles. The van der Waals surface area contributed by atoms with Gasteiger partial charge in [-0.25, -0.2) is 0 Å². The predicted molar refractivity (Wildman–Crippen MR) is 94.3 cm³/mol. The van der Waals surface area contributed by atoms with Gasteiger partial charge in [0.25, 0.3) is 0 Å². The Kier molecular flexibility index (Phi) is 3.92. The van der Waals surface area contributed by atoms with E-state index in [1.165, 1.54) is 0 Å². The van der Waals surface area contributed by atoms with Crippen molar-refractivity contribution in [3.8, 4) is 0 Å². The van der Waals surface area contributed by atoms with Gasteiger partial charge in [-0.3, -0.25) is 9.59 Å². The van der Waals surface area contributed by atoms with E-state index in [-0.39, 0.29) is 24.3 Å². The van der Waals surface area contributed by atoms with Gasteiger partial charge in [0.05, 0.1) is 12.3 Å². The van der Waals surface area contributed by atoms with Crippen molar-refractivity contribution >= 4 is 33.6 Å². The molecule has 1 aliphatic rings. The highest BCUT2D eigenvalue weighted by molar-refractivity contribution is 6.06. The van der Waals surface area contributed by atoms with Crippen LogP contribution < -0.4 is 5.32 Å². The van der Waals surface area contributed by atoms with Gasteiger partial charge in [0.1, 0.15) is 11.3 Å². The van der Waals surface area contributed by atoms with Crippen molar-refractivity contribution < 1.29 is 19.1 Å². The van der Waals surface area contributed by atoms with E-state index in [0.717, 1.165) is 21.7 Å². The second kappa shape index (κ2) is 6.24. The summed E-state index contributed by atoms with van der Waals surface area (Å²) in [6, 6.07) is 13.9. The number of rotatable bonds is 4. The van der Waals surface area contributed by atoms with Crippen LogP contribution >= 0.6 is 0 Å². The van der Waals surface area contributed by atoms with E-state index < -0.39 is 5.97 Å². The van der Waals surface area contributed by atoms with Crippen molar-refractivity contribution in [2.75, 3.05) is 0 Å². The van der Waals surface area contributed by atoms with Crippen molar-refractivity contribution in [3.05, 3.63) is 48.2 Å². The maximum absolute atomic E-state index is 12.3. The number of fused-ring (bicyclic) bond motifs is 3. The number of hydrogen-bond acceptors (Lipinski definition) is 3. The highest BCUT2D eigenvalue weighted by atomic mass is 16.4. The second-order valence-electron chi connectivity index (χ2n) is 6.70. The Hall–Kier alpha value is -2.82. The molecular formula is C20H19NO4. The molecule has 1 aromatic heterocycles. The highest BCUT2D eigenvalue weighted by Gasteiger charge is 2.30. The average molecular weight is 337 g/mol. The van der Waals surface area contributed by atoms with Crippen molar-refractivity contribution in [2.45, 2.75) is 31.7 Å². The standard InChI is InChI=1S/C20H19NO4/c22-19(21-14-7-5-13(9-14)20(23)24)11-15-10-17-16-4-2-1-3-12(16)6-8-18(17)25-15/h1-4,6,8,10,13-14H,5,7,9,11H2,(H,21,22)(H,23,24)/t13-,14+/m0/s1. The monoisotopic (exact) mass is 337 g/mol. The van der Waals surface area contributed by atoms with Gasteiger partial charge in [0.15, 0.2) is 0 Å². The zero-order valence-electron chi connectivity index (χ0n) is 13.7. The maximum Gasteiger partial charge on any atom is 0.306 e. The summed E-state index contributed by atoms with van der Waals surface area (Å²) in [7, 11) is 0. The van der Waals surface area contributed by atoms with Crippen LogP contribution in [-0.2, 0) is 16.0 Å².